The number of hydrogen-bond donors (Lipinski definition) is 1. The second kappa shape index (κ2) is 7.83. The lowest BCUT2D eigenvalue weighted by Crippen LogP contribution is -2.21. The van der Waals surface area contributed by atoms with Crippen molar-refractivity contribution in [2.45, 2.75) is 71.3 Å². The molecule has 1 fully saturated rings. The molecule has 0 heterocycles. The van der Waals surface area contributed by atoms with E-state index in [4.69, 9.17) is 0 Å². The average Bonchev–Trinajstić information content (AvgIpc) is 2.97. The van der Waals surface area contributed by atoms with E-state index in [2.05, 4.69) is 50.4 Å². The smallest absolute Gasteiger partial charge is 0.0320 e. The third kappa shape index (κ3) is 4.34. The highest BCUT2D eigenvalue weighted by molar-refractivity contribution is 5.26. The maximum absolute atomic E-state index is 3.67. The minimum Gasteiger partial charge on any atom is -0.310 e. The van der Waals surface area contributed by atoms with Crippen molar-refractivity contribution in [2.75, 3.05) is 6.54 Å². The SMILES string of the molecule is CCNC(CCC1CCCC1)c1ccc(C(C)C)cc1. The topological polar surface area (TPSA) is 12.0 Å². The third-order valence-electron chi connectivity index (χ3n) is 4.79. The molecule has 1 heteroatoms. The standard InChI is InChI=1S/C19H31N/c1-4-20-19(14-9-16-7-5-6-8-16)18-12-10-17(11-13-18)15(2)3/h10-13,15-16,19-20H,4-9,14H2,1-3H3. The van der Waals surface area contributed by atoms with Crippen molar-refractivity contribution in [2.24, 2.45) is 5.92 Å². The van der Waals surface area contributed by atoms with Gasteiger partial charge in [-0.15, -0.1) is 0 Å². The van der Waals surface area contributed by atoms with E-state index in [0.717, 1.165) is 12.5 Å². The lowest BCUT2D eigenvalue weighted by Gasteiger charge is -2.21. The summed E-state index contributed by atoms with van der Waals surface area (Å²) >= 11 is 0. The maximum atomic E-state index is 3.67. The summed E-state index contributed by atoms with van der Waals surface area (Å²) in [7, 11) is 0. The first-order valence-electron chi connectivity index (χ1n) is 8.54. The average molecular weight is 273 g/mol. The van der Waals surface area contributed by atoms with E-state index in [0.29, 0.717) is 12.0 Å². The van der Waals surface area contributed by atoms with Crippen LogP contribution >= 0.6 is 0 Å². The van der Waals surface area contributed by atoms with Gasteiger partial charge in [0.2, 0.25) is 0 Å². The van der Waals surface area contributed by atoms with Crippen LogP contribution in [0, 0.1) is 5.92 Å². The molecule has 1 aliphatic rings. The van der Waals surface area contributed by atoms with Crippen LogP contribution in [0.15, 0.2) is 24.3 Å². The number of benzene rings is 1. The molecule has 1 N–H and O–H groups in total. The molecule has 0 saturated heterocycles. The van der Waals surface area contributed by atoms with Gasteiger partial charge in [-0.25, -0.2) is 0 Å². The Labute approximate surface area is 125 Å². The molecule has 1 atom stereocenters. The van der Waals surface area contributed by atoms with Crippen molar-refractivity contribution in [3.05, 3.63) is 35.4 Å². The van der Waals surface area contributed by atoms with Crippen molar-refractivity contribution in [1.82, 2.24) is 5.32 Å². The Kier molecular flexibility index (Phi) is 6.09. The van der Waals surface area contributed by atoms with E-state index in [1.165, 1.54) is 49.7 Å². The number of nitrogens with one attached hydrogen (secondary N) is 1. The summed E-state index contributed by atoms with van der Waals surface area (Å²) in [5.74, 6) is 1.62. The minimum atomic E-state index is 0.543. The van der Waals surface area contributed by atoms with Crippen LogP contribution in [-0.2, 0) is 0 Å². The fraction of sp³-hybridized carbons (Fsp3) is 0.684. The predicted molar refractivity (Wildman–Crippen MR) is 88.1 cm³/mol. The van der Waals surface area contributed by atoms with Crippen LogP contribution in [0.5, 0.6) is 0 Å². The molecule has 0 radical (unpaired) electrons. The highest BCUT2D eigenvalue weighted by atomic mass is 14.9. The fourth-order valence-electron chi connectivity index (χ4n) is 3.45. The van der Waals surface area contributed by atoms with Gasteiger partial charge in [0, 0.05) is 6.04 Å². The van der Waals surface area contributed by atoms with Crippen LogP contribution in [0.4, 0.5) is 0 Å². The second-order valence-electron chi connectivity index (χ2n) is 6.66. The van der Waals surface area contributed by atoms with E-state index in [1.807, 2.05) is 0 Å². The minimum absolute atomic E-state index is 0.543. The molecule has 20 heavy (non-hydrogen) atoms. The second-order valence-corrected chi connectivity index (χ2v) is 6.66. The van der Waals surface area contributed by atoms with Gasteiger partial charge in [0.15, 0.2) is 0 Å². The zero-order chi connectivity index (χ0) is 14.4. The number of rotatable bonds is 7. The van der Waals surface area contributed by atoms with Crippen molar-refractivity contribution in [3.8, 4) is 0 Å². The molecule has 1 aromatic carbocycles. The summed E-state index contributed by atoms with van der Waals surface area (Å²) in [6.07, 6.45) is 8.53. The molecule has 112 valence electrons. The zero-order valence-corrected chi connectivity index (χ0v) is 13.5. The molecule has 1 saturated carbocycles. The van der Waals surface area contributed by atoms with Crippen molar-refractivity contribution in [1.29, 1.82) is 0 Å². The zero-order valence-electron chi connectivity index (χ0n) is 13.5. The molecule has 1 nitrogen and oxygen atoms in total. The Hall–Kier alpha value is -0.820. The summed E-state index contributed by atoms with van der Waals surface area (Å²) in [4.78, 5) is 0. The van der Waals surface area contributed by atoms with Gasteiger partial charge in [-0.3, -0.25) is 0 Å². The van der Waals surface area contributed by atoms with Gasteiger partial charge in [0.25, 0.3) is 0 Å². The molecule has 0 aliphatic heterocycles. The highest BCUT2D eigenvalue weighted by Gasteiger charge is 2.18. The van der Waals surface area contributed by atoms with E-state index in [1.54, 1.807) is 0 Å². The van der Waals surface area contributed by atoms with Crippen LogP contribution in [0.3, 0.4) is 0 Å². The third-order valence-corrected chi connectivity index (χ3v) is 4.79. The van der Waals surface area contributed by atoms with Crippen LogP contribution < -0.4 is 5.32 Å². The first kappa shape index (κ1) is 15.6. The van der Waals surface area contributed by atoms with Gasteiger partial charge in [-0.05, 0) is 42.3 Å². The lowest BCUT2D eigenvalue weighted by molar-refractivity contribution is 0.417. The van der Waals surface area contributed by atoms with Gasteiger partial charge in [-0.1, -0.05) is 70.7 Å². The number of hydrogen-bond acceptors (Lipinski definition) is 1. The van der Waals surface area contributed by atoms with Crippen LogP contribution in [-0.4, -0.2) is 6.54 Å². The van der Waals surface area contributed by atoms with Crippen molar-refractivity contribution < 1.29 is 0 Å². The molecule has 0 bridgehead atoms. The van der Waals surface area contributed by atoms with Gasteiger partial charge in [-0.2, -0.15) is 0 Å². The first-order valence-corrected chi connectivity index (χ1v) is 8.54. The Morgan fingerprint density at radius 1 is 1.05 bits per heavy atom. The summed E-state index contributed by atoms with van der Waals surface area (Å²) in [5.41, 5.74) is 2.91. The summed E-state index contributed by atoms with van der Waals surface area (Å²) in [5, 5.41) is 3.67. The molecule has 2 rings (SSSR count). The molecule has 1 aromatic rings. The molecule has 1 unspecified atom stereocenters. The van der Waals surface area contributed by atoms with E-state index >= 15 is 0 Å². The maximum Gasteiger partial charge on any atom is 0.0320 e. The summed E-state index contributed by atoms with van der Waals surface area (Å²) in [6, 6.07) is 9.82. The van der Waals surface area contributed by atoms with Gasteiger partial charge in [0.1, 0.15) is 0 Å². The van der Waals surface area contributed by atoms with Crippen LogP contribution in [0.2, 0.25) is 0 Å². The monoisotopic (exact) mass is 273 g/mol. The Morgan fingerprint density at radius 2 is 1.65 bits per heavy atom. The van der Waals surface area contributed by atoms with E-state index in [9.17, 15) is 0 Å². The highest BCUT2D eigenvalue weighted by Crippen LogP contribution is 2.31. The molecule has 0 spiro atoms. The van der Waals surface area contributed by atoms with Gasteiger partial charge < -0.3 is 5.32 Å². The van der Waals surface area contributed by atoms with Crippen LogP contribution in [0.25, 0.3) is 0 Å². The molecule has 1 aliphatic carbocycles. The normalized spacial score (nSPS) is 17.8. The fourth-order valence-corrected chi connectivity index (χ4v) is 3.45. The van der Waals surface area contributed by atoms with Crippen LogP contribution in [0.1, 0.15) is 82.4 Å². The molecular formula is C19H31N. The summed E-state index contributed by atoms with van der Waals surface area (Å²) in [6.45, 7) is 7.79. The molecule has 0 amide bonds. The van der Waals surface area contributed by atoms with Gasteiger partial charge in [0.05, 0.1) is 0 Å². The Bertz CT molecular complexity index is 373. The van der Waals surface area contributed by atoms with Crippen molar-refractivity contribution in [3.63, 3.8) is 0 Å². The van der Waals surface area contributed by atoms with E-state index in [-0.39, 0.29) is 0 Å². The van der Waals surface area contributed by atoms with Crippen molar-refractivity contribution >= 4 is 0 Å². The Morgan fingerprint density at radius 3 is 2.20 bits per heavy atom. The summed E-state index contributed by atoms with van der Waals surface area (Å²) < 4.78 is 0. The van der Waals surface area contributed by atoms with E-state index < -0.39 is 0 Å². The lowest BCUT2D eigenvalue weighted by atomic mass is 9.93. The largest absolute Gasteiger partial charge is 0.310 e. The quantitative estimate of drug-likeness (QED) is 0.698. The van der Waals surface area contributed by atoms with Gasteiger partial charge >= 0.3 is 0 Å². The first-order chi connectivity index (χ1) is 9.70. The molecular weight excluding hydrogens is 242 g/mol. The predicted octanol–water partition coefficient (Wildman–Crippen LogP) is 5.43. The molecule has 0 aromatic heterocycles. The Balaban J connectivity index is 1.95.